The third-order valence-electron chi connectivity index (χ3n) is 3.97. The fraction of sp³-hybridized carbons (Fsp3) is 0.533. The van der Waals surface area contributed by atoms with Crippen LogP contribution in [0.5, 0.6) is 0 Å². The second-order valence-electron chi connectivity index (χ2n) is 5.58. The van der Waals surface area contributed by atoms with Crippen LogP contribution in [0.15, 0.2) is 23.1 Å². The van der Waals surface area contributed by atoms with Crippen LogP contribution in [0.4, 0.5) is 0 Å². The summed E-state index contributed by atoms with van der Waals surface area (Å²) in [6, 6.07) is 4.46. The molecule has 0 aliphatic carbocycles. The van der Waals surface area contributed by atoms with Crippen LogP contribution in [0.2, 0.25) is 0 Å². The number of carbonyl (C=O) groups is 1. The molecule has 1 fully saturated rings. The molecule has 1 aromatic carbocycles. The molecule has 0 bridgehead atoms. The second-order valence-corrected chi connectivity index (χ2v) is 7.27. The summed E-state index contributed by atoms with van der Waals surface area (Å²) in [4.78, 5) is 11.7. The summed E-state index contributed by atoms with van der Waals surface area (Å²) in [5, 5.41) is 3.26. The van der Waals surface area contributed by atoms with Gasteiger partial charge < -0.3 is 10.1 Å². The molecule has 0 aromatic heterocycles. The lowest BCUT2D eigenvalue weighted by atomic mass is 10.0. The van der Waals surface area contributed by atoms with E-state index in [1.54, 1.807) is 19.1 Å². The fourth-order valence-electron chi connectivity index (χ4n) is 2.60. The third kappa shape index (κ3) is 3.66. The Morgan fingerprint density at radius 3 is 2.77 bits per heavy atom. The van der Waals surface area contributed by atoms with E-state index in [2.05, 4.69) is 14.8 Å². The van der Waals surface area contributed by atoms with Crippen molar-refractivity contribution in [2.75, 3.05) is 13.7 Å². The van der Waals surface area contributed by atoms with Crippen molar-refractivity contribution in [3.05, 3.63) is 29.3 Å². The molecular formula is C15H22N2O4S. The Morgan fingerprint density at radius 1 is 1.41 bits per heavy atom. The molecular weight excluding hydrogens is 304 g/mol. The molecule has 6 nitrogen and oxygen atoms in total. The van der Waals surface area contributed by atoms with E-state index in [9.17, 15) is 13.2 Å². The number of hydrogen-bond acceptors (Lipinski definition) is 5. The van der Waals surface area contributed by atoms with Crippen molar-refractivity contribution in [2.24, 2.45) is 0 Å². The Hall–Kier alpha value is -1.44. The number of nitrogens with one attached hydrogen (secondary N) is 2. The zero-order valence-electron chi connectivity index (χ0n) is 13.0. The summed E-state index contributed by atoms with van der Waals surface area (Å²) in [6.45, 7) is 4.57. The number of ether oxygens (including phenoxy) is 1. The average molecular weight is 326 g/mol. The number of rotatable bonds is 4. The summed E-state index contributed by atoms with van der Waals surface area (Å²) in [5.74, 6) is -0.552. The highest BCUT2D eigenvalue weighted by molar-refractivity contribution is 7.89. The Bertz CT molecular complexity index is 658. The number of carbonyl (C=O) groups excluding carboxylic acids is 1. The monoisotopic (exact) mass is 326 g/mol. The zero-order valence-corrected chi connectivity index (χ0v) is 13.9. The van der Waals surface area contributed by atoms with Crippen molar-refractivity contribution in [1.29, 1.82) is 0 Å². The van der Waals surface area contributed by atoms with Crippen molar-refractivity contribution in [2.45, 2.75) is 43.7 Å². The highest BCUT2D eigenvalue weighted by atomic mass is 32.2. The van der Waals surface area contributed by atoms with Crippen molar-refractivity contribution in [3.8, 4) is 0 Å². The summed E-state index contributed by atoms with van der Waals surface area (Å²) in [6.07, 6.45) is 1.72. The zero-order chi connectivity index (χ0) is 16.3. The van der Waals surface area contributed by atoms with Gasteiger partial charge in [0.2, 0.25) is 10.0 Å². The molecule has 1 aliphatic heterocycles. The molecule has 22 heavy (non-hydrogen) atoms. The molecule has 0 amide bonds. The number of esters is 1. The van der Waals surface area contributed by atoms with Gasteiger partial charge in [-0.15, -0.1) is 0 Å². The van der Waals surface area contributed by atoms with Gasteiger partial charge in [-0.1, -0.05) is 6.07 Å². The normalized spacial score (nSPS) is 22.3. The molecule has 2 rings (SSSR count). The lowest BCUT2D eigenvalue weighted by Gasteiger charge is -2.30. The van der Waals surface area contributed by atoms with Gasteiger partial charge in [-0.25, -0.2) is 17.9 Å². The molecule has 0 saturated carbocycles. The van der Waals surface area contributed by atoms with E-state index in [0.717, 1.165) is 19.4 Å². The molecule has 0 radical (unpaired) electrons. The number of hydrogen-bond donors (Lipinski definition) is 2. The van der Waals surface area contributed by atoms with Crippen molar-refractivity contribution in [3.63, 3.8) is 0 Å². The Morgan fingerprint density at radius 2 is 2.14 bits per heavy atom. The van der Waals surface area contributed by atoms with Crippen LogP contribution in [0.1, 0.15) is 35.7 Å². The van der Waals surface area contributed by atoms with Crippen LogP contribution in [0.25, 0.3) is 0 Å². The van der Waals surface area contributed by atoms with E-state index in [1.165, 1.54) is 13.2 Å². The van der Waals surface area contributed by atoms with Gasteiger partial charge in [0.05, 0.1) is 17.6 Å². The summed E-state index contributed by atoms with van der Waals surface area (Å²) >= 11 is 0. The highest BCUT2D eigenvalue weighted by Crippen LogP contribution is 2.20. The van der Waals surface area contributed by atoms with Gasteiger partial charge in [-0.05, 0) is 50.9 Å². The molecule has 0 spiro atoms. The van der Waals surface area contributed by atoms with E-state index >= 15 is 0 Å². The maximum absolute atomic E-state index is 12.6. The number of aryl methyl sites for hydroxylation is 1. The van der Waals surface area contributed by atoms with Crippen LogP contribution in [0, 0.1) is 6.92 Å². The predicted octanol–water partition coefficient (Wildman–Crippen LogP) is 1.20. The van der Waals surface area contributed by atoms with E-state index in [0.29, 0.717) is 5.56 Å². The molecule has 1 saturated heterocycles. The van der Waals surface area contributed by atoms with Gasteiger partial charge in [-0.3, -0.25) is 0 Å². The molecule has 1 aliphatic rings. The predicted molar refractivity (Wildman–Crippen MR) is 83.3 cm³/mol. The van der Waals surface area contributed by atoms with Gasteiger partial charge in [0.25, 0.3) is 0 Å². The van der Waals surface area contributed by atoms with Gasteiger partial charge in [0, 0.05) is 12.1 Å². The van der Waals surface area contributed by atoms with Crippen LogP contribution in [0.3, 0.4) is 0 Å². The van der Waals surface area contributed by atoms with Crippen LogP contribution in [-0.4, -0.2) is 40.1 Å². The second kappa shape index (κ2) is 6.76. The molecule has 122 valence electrons. The first kappa shape index (κ1) is 16.9. The Kier molecular flexibility index (Phi) is 5.20. The SMILES string of the molecule is COC(=O)c1ccc(C)c(S(=O)(=O)NC2CCCNC2C)c1. The van der Waals surface area contributed by atoms with Crippen molar-refractivity contribution >= 4 is 16.0 Å². The third-order valence-corrected chi connectivity index (χ3v) is 5.60. The summed E-state index contributed by atoms with van der Waals surface area (Å²) in [5.41, 5.74) is 0.819. The molecule has 1 aromatic rings. The average Bonchev–Trinajstić information content (AvgIpc) is 2.49. The maximum Gasteiger partial charge on any atom is 0.337 e. The first-order valence-corrected chi connectivity index (χ1v) is 8.78. The highest BCUT2D eigenvalue weighted by Gasteiger charge is 2.28. The minimum atomic E-state index is -3.69. The number of sulfonamides is 1. The number of piperidine rings is 1. The minimum absolute atomic E-state index is 0.0765. The van der Waals surface area contributed by atoms with Crippen LogP contribution < -0.4 is 10.0 Å². The number of benzene rings is 1. The number of methoxy groups -OCH3 is 1. The van der Waals surface area contributed by atoms with E-state index in [1.807, 2.05) is 6.92 Å². The van der Waals surface area contributed by atoms with Gasteiger partial charge >= 0.3 is 5.97 Å². The molecule has 2 unspecified atom stereocenters. The molecule has 2 N–H and O–H groups in total. The van der Waals surface area contributed by atoms with Crippen molar-refractivity contribution < 1.29 is 17.9 Å². The first-order valence-electron chi connectivity index (χ1n) is 7.30. The lowest BCUT2D eigenvalue weighted by Crippen LogP contribution is -2.51. The van der Waals surface area contributed by atoms with E-state index in [4.69, 9.17) is 0 Å². The topological polar surface area (TPSA) is 84.5 Å². The van der Waals surface area contributed by atoms with Crippen LogP contribution in [-0.2, 0) is 14.8 Å². The molecule has 7 heteroatoms. The quantitative estimate of drug-likeness (QED) is 0.812. The Labute approximate surface area is 131 Å². The minimum Gasteiger partial charge on any atom is -0.465 e. The van der Waals surface area contributed by atoms with Gasteiger partial charge in [0.15, 0.2) is 0 Å². The lowest BCUT2D eigenvalue weighted by molar-refractivity contribution is 0.0600. The standard InChI is InChI=1S/C15H22N2O4S/c1-10-6-7-12(15(18)21-3)9-14(10)22(19,20)17-13-5-4-8-16-11(13)2/h6-7,9,11,13,16-17H,4-5,8H2,1-3H3. The van der Waals surface area contributed by atoms with Crippen LogP contribution >= 0.6 is 0 Å². The summed E-state index contributed by atoms with van der Waals surface area (Å²) < 4.78 is 32.7. The van der Waals surface area contributed by atoms with E-state index < -0.39 is 16.0 Å². The Balaban J connectivity index is 2.30. The van der Waals surface area contributed by atoms with Crippen molar-refractivity contribution in [1.82, 2.24) is 10.0 Å². The fourth-order valence-corrected chi connectivity index (χ4v) is 4.22. The van der Waals surface area contributed by atoms with Gasteiger partial charge in [-0.2, -0.15) is 0 Å². The van der Waals surface area contributed by atoms with Gasteiger partial charge in [0.1, 0.15) is 0 Å². The largest absolute Gasteiger partial charge is 0.465 e. The summed E-state index contributed by atoms with van der Waals surface area (Å²) in [7, 11) is -2.42. The first-order chi connectivity index (χ1) is 10.3. The van der Waals surface area contributed by atoms with E-state index in [-0.39, 0.29) is 22.5 Å². The molecule has 1 heterocycles. The maximum atomic E-state index is 12.6. The molecule has 2 atom stereocenters. The smallest absolute Gasteiger partial charge is 0.337 e.